The molecule has 0 saturated heterocycles. The molecule has 1 aliphatic carbocycles. The number of hydrogen-bond donors (Lipinski definition) is 1. The highest BCUT2D eigenvalue weighted by Crippen LogP contribution is 2.47. The van der Waals surface area contributed by atoms with Crippen LogP contribution in [0, 0.1) is 10.8 Å². The molecule has 0 aromatic carbocycles. The second-order valence-corrected chi connectivity index (χ2v) is 5.27. The van der Waals surface area contributed by atoms with Gasteiger partial charge in [-0.05, 0) is 24.7 Å². The number of nitrogens with one attached hydrogen (secondary N) is 1. The van der Waals surface area contributed by atoms with Crippen LogP contribution in [0.25, 0.3) is 0 Å². The molecule has 1 fully saturated rings. The summed E-state index contributed by atoms with van der Waals surface area (Å²) in [6.45, 7) is 6.86. The highest BCUT2D eigenvalue weighted by Gasteiger charge is 2.57. The first-order valence-electron chi connectivity index (χ1n) is 5.75. The summed E-state index contributed by atoms with van der Waals surface area (Å²) in [5.41, 5.74) is -0.805. The summed E-state index contributed by atoms with van der Waals surface area (Å²) >= 11 is 0. The van der Waals surface area contributed by atoms with Crippen molar-refractivity contribution in [3.8, 4) is 0 Å². The lowest BCUT2D eigenvalue weighted by Crippen LogP contribution is -2.41. The Hall–Kier alpha value is -1.06. The first-order chi connectivity index (χ1) is 7.38. The van der Waals surface area contributed by atoms with Gasteiger partial charge in [0.1, 0.15) is 5.41 Å². The van der Waals surface area contributed by atoms with Gasteiger partial charge >= 0.3 is 5.97 Å². The fourth-order valence-electron chi connectivity index (χ4n) is 1.46. The van der Waals surface area contributed by atoms with Crippen LogP contribution < -0.4 is 5.32 Å². The molecule has 0 bridgehead atoms. The van der Waals surface area contributed by atoms with Gasteiger partial charge in [0.05, 0.1) is 7.11 Å². The Labute approximate surface area is 96.7 Å². The molecule has 0 aromatic heterocycles. The Morgan fingerprint density at radius 2 is 1.94 bits per heavy atom. The Morgan fingerprint density at radius 1 is 1.38 bits per heavy atom. The predicted octanol–water partition coefficient (Wildman–Crippen LogP) is 1.49. The van der Waals surface area contributed by atoms with Crippen LogP contribution in [0.4, 0.5) is 0 Å². The van der Waals surface area contributed by atoms with E-state index >= 15 is 0 Å². The van der Waals surface area contributed by atoms with E-state index in [4.69, 9.17) is 0 Å². The Morgan fingerprint density at radius 3 is 2.31 bits per heavy atom. The minimum atomic E-state index is -0.876. The molecule has 1 saturated carbocycles. The van der Waals surface area contributed by atoms with Crippen molar-refractivity contribution in [3.05, 3.63) is 0 Å². The maximum atomic E-state index is 11.9. The van der Waals surface area contributed by atoms with Crippen molar-refractivity contribution in [2.45, 2.75) is 40.0 Å². The van der Waals surface area contributed by atoms with E-state index in [2.05, 4.69) is 30.8 Å². The zero-order valence-corrected chi connectivity index (χ0v) is 10.6. The van der Waals surface area contributed by atoms with E-state index in [1.165, 1.54) is 7.11 Å². The lowest BCUT2D eigenvalue weighted by molar-refractivity contribution is -0.152. The normalized spacial score (nSPS) is 17.8. The van der Waals surface area contributed by atoms with Crippen LogP contribution in [-0.2, 0) is 14.3 Å². The van der Waals surface area contributed by atoms with Crippen LogP contribution in [0.2, 0.25) is 0 Å². The van der Waals surface area contributed by atoms with Crippen LogP contribution in [0.1, 0.15) is 40.0 Å². The molecule has 16 heavy (non-hydrogen) atoms. The topological polar surface area (TPSA) is 55.4 Å². The predicted molar refractivity (Wildman–Crippen MR) is 60.8 cm³/mol. The van der Waals surface area contributed by atoms with E-state index in [9.17, 15) is 9.59 Å². The molecule has 0 heterocycles. The fourth-order valence-corrected chi connectivity index (χ4v) is 1.46. The first-order valence-corrected chi connectivity index (χ1v) is 5.75. The molecular weight excluding hydrogens is 206 g/mol. The van der Waals surface area contributed by atoms with Crippen LogP contribution >= 0.6 is 0 Å². The van der Waals surface area contributed by atoms with Crippen molar-refractivity contribution < 1.29 is 14.3 Å². The quantitative estimate of drug-likeness (QED) is 0.572. The summed E-state index contributed by atoms with van der Waals surface area (Å²) in [6.07, 6.45) is 2.20. The van der Waals surface area contributed by atoms with E-state index in [1.807, 2.05) is 0 Å². The van der Waals surface area contributed by atoms with Crippen molar-refractivity contribution in [2.24, 2.45) is 10.8 Å². The van der Waals surface area contributed by atoms with Gasteiger partial charge in [0.15, 0.2) is 0 Å². The van der Waals surface area contributed by atoms with Crippen molar-refractivity contribution in [1.82, 2.24) is 5.32 Å². The number of carbonyl (C=O) groups is 2. The molecule has 0 aromatic rings. The number of carbonyl (C=O) groups excluding carboxylic acids is 2. The van der Waals surface area contributed by atoms with E-state index in [0.717, 1.165) is 6.42 Å². The van der Waals surface area contributed by atoms with Crippen LogP contribution in [0.5, 0.6) is 0 Å². The Balaban J connectivity index is 2.51. The third-order valence-corrected chi connectivity index (χ3v) is 3.45. The van der Waals surface area contributed by atoms with Crippen molar-refractivity contribution >= 4 is 11.9 Å². The third-order valence-electron chi connectivity index (χ3n) is 3.45. The van der Waals surface area contributed by atoms with Gasteiger partial charge in [0.25, 0.3) is 0 Å². The lowest BCUT2D eigenvalue weighted by atomic mass is 9.90. The van der Waals surface area contributed by atoms with Gasteiger partial charge in [-0.25, -0.2) is 0 Å². The molecule has 1 aliphatic rings. The molecule has 4 heteroatoms. The number of amides is 1. The standard InChI is InChI=1S/C12H21NO3/c1-5-11(2,3)8-13-9(14)12(6-7-12)10(15)16-4/h5-8H2,1-4H3,(H,13,14). The van der Waals surface area contributed by atoms with Gasteiger partial charge in [-0.2, -0.15) is 0 Å². The summed E-state index contributed by atoms with van der Waals surface area (Å²) in [4.78, 5) is 23.3. The smallest absolute Gasteiger partial charge is 0.321 e. The molecule has 1 rings (SSSR count). The fraction of sp³-hybridized carbons (Fsp3) is 0.833. The van der Waals surface area contributed by atoms with Crippen molar-refractivity contribution in [1.29, 1.82) is 0 Å². The molecule has 1 amide bonds. The summed E-state index contributed by atoms with van der Waals surface area (Å²) in [7, 11) is 1.33. The zero-order chi connectivity index (χ0) is 12.4. The molecule has 4 nitrogen and oxygen atoms in total. The maximum Gasteiger partial charge on any atom is 0.321 e. The summed E-state index contributed by atoms with van der Waals surface area (Å²) in [5, 5.41) is 2.85. The monoisotopic (exact) mass is 227 g/mol. The highest BCUT2D eigenvalue weighted by atomic mass is 16.5. The molecule has 0 aliphatic heterocycles. The summed E-state index contributed by atoms with van der Waals surface area (Å²) < 4.78 is 4.66. The molecular formula is C12H21NO3. The number of methoxy groups -OCH3 is 1. The van der Waals surface area contributed by atoms with E-state index < -0.39 is 11.4 Å². The second-order valence-electron chi connectivity index (χ2n) is 5.27. The molecule has 1 N–H and O–H groups in total. The third kappa shape index (κ3) is 2.54. The number of ether oxygens (including phenoxy) is 1. The van der Waals surface area contributed by atoms with Crippen LogP contribution in [-0.4, -0.2) is 25.5 Å². The van der Waals surface area contributed by atoms with Crippen LogP contribution in [0.15, 0.2) is 0 Å². The van der Waals surface area contributed by atoms with Gasteiger partial charge in [-0.3, -0.25) is 9.59 Å². The van der Waals surface area contributed by atoms with Crippen LogP contribution in [0.3, 0.4) is 0 Å². The highest BCUT2D eigenvalue weighted by molar-refractivity contribution is 6.05. The molecule has 0 spiro atoms. The largest absolute Gasteiger partial charge is 0.468 e. The van der Waals surface area contributed by atoms with Gasteiger partial charge < -0.3 is 10.1 Å². The number of hydrogen-bond acceptors (Lipinski definition) is 3. The first kappa shape index (κ1) is 13.0. The average Bonchev–Trinajstić information content (AvgIpc) is 3.06. The second kappa shape index (κ2) is 4.44. The minimum absolute atomic E-state index is 0.0713. The van der Waals surface area contributed by atoms with Gasteiger partial charge in [-0.1, -0.05) is 20.8 Å². The van der Waals surface area contributed by atoms with E-state index in [1.54, 1.807) is 0 Å². The van der Waals surface area contributed by atoms with Gasteiger partial charge in [0, 0.05) is 6.54 Å². The average molecular weight is 227 g/mol. The Kier molecular flexibility index (Phi) is 3.61. The minimum Gasteiger partial charge on any atom is -0.468 e. The summed E-state index contributed by atoms with van der Waals surface area (Å²) in [5.74, 6) is -0.583. The maximum absolute atomic E-state index is 11.9. The van der Waals surface area contributed by atoms with E-state index in [0.29, 0.717) is 19.4 Å². The molecule has 0 radical (unpaired) electrons. The van der Waals surface area contributed by atoms with Gasteiger partial charge in [0.2, 0.25) is 5.91 Å². The molecule has 0 atom stereocenters. The molecule has 92 valence electrons. The van der Waals surface area contributed by atoms with Gasteiger partial charge in [-0.15, -0.1) is 0 Å². The SMILES string of the molecule is CCC(C)(C)CNC(=O)C1(C(=O)OC)CC1. The van der Waals surface area contributed by atoms with Crippen molar-refractivity contribution in [3.63, 3.8) is 0 Å². The number of esters is 1. The number of rotatable bonds is 5. The van der Waals surface area contributed by atoms with Crippen molar-refractivity contribution in [2.75, 3.05) is 13.7 Å². The summed E-state index contributed by atoms with van der Waals surface area (Å²) in [6, 6.07) is 0. The van der Waals surface area contributed by atoms with E-state index in [-0.39, 0.29) is 11.3 Å². The Bertz CT molecular complexity index is 293. The lowest BCUT2D eigenvalue weighted by Gasteiger charge is -2.24. The zero-order valence-electron chi connectivity index (χ0n) is 10.6. The molecule has 0 unspecified atom stereocenters.